The van der Waals surface area contributed by atoms with Crippen molar-refractivity contribution in [1.29, 1.82) is 0 Å². The zero-order valence-electron chi connectivity index (χ0n) is 24.2. The van der Waals surface area contributed by atoms with E-state index in [-0.39, 0.29) is 61.3 Å². The van der Waals surface area contributed by atoms with Crippen molar-refractivity contribution in [2.24, 2.45) is 0 Å². The van der Waals surface area contributed by atoms with Crippen LogP contribution in [-0.2, 0) is 4.79 Å². The van der Waals surface area contributed by atoms with Crippen LogP contribution >= 0.6 is 11.6 Å². The van der Waals surface area contributed by atoms with E-state index >= 15 is 4.39 Å². The molecule has 14 heteroatoms. The van der Waals surface area contributed by atoms with Gasteiger partial charge >= 0.3 is 6.01 Å². The quantitative estimate of drug-likeness (QED) is 0.270. The summed E-state index contributed by atoms with van der Waals surface area (Å²) in [7, 11) is 0. The number of halogens is 3. The van der Waals surface area contributed by atoms with Crippen LogP contribution in [0, 0.1) is 5.82 Å². The van der Waals surface area contributed by atoms with E-state index < -0.39 is 29.7 Å². The Bertz CT molecular complexity index is 1810. The van der Waals surface area contributed by atoms with Crippen molar-refractivity contribution in [3.05, 3.63) is 47.4 Å². The lowest BCUT2D eigenvalue weighted by Gasteiger charge is -2.36. The molecule has 5 heterocycles. The lowest BCUT2D eigenvalue weighted by Crippen LogP contribution is -2.51. The van der Waals surface area contributed by atoms with Gasteiger partial charge < -0.3 is 29.9 Å². The topological polar surface area (TPSA) is 135 Å². The van der Waals surface area contributed by atoms with Crippen molar-refractivity contribution in [2.45, 2.75) is 37.3 Å². The van der Waals surface area contributed by atoms with Gasteiger partial charge in [0.1, 0.15) is 35.6 Å². The molecule has 11 nitrogen and oxygen atoms in total. The third-order valence-electron chi connectivity index (χ3n) is 9.15. The van der Waals surface area contributed by atoms with Gasteiger partial charge in [-0.25, -0.2) is 8.78 Å². The zero-order valence-corrected chi connectivity index (χ0v) is 24.9. The molecule has 3 aliphatic heterocycles. The molecule has 0 unspecified atom stereocenters. The number of aliphatic hydroxyl groups excluding tert-OH is 1. The number of alkyl halides is 1. The molecule has 0 bridgehead atoms. The van der Waals surface area contributed by atoms with Gasteiger partial charge in [0.2, 0.25) is 6.29 Å². The summed E-state index contributed by atoms with van der Waals surface area (Å²) in [6.07, 6.45) is 0.437. The Kier molecular flexibility index (Phi) is 7.59. The van der Waals surface area contributed by atoms with Crippen LogP contribution in [0.2, 0.25) is 5.02 Å². The predicted molar refractivity (Wildman–Crippen MR) is 162 cm³/mol. The van der Waals surface area contributed by atoms with Gasteiger partial charge in [-0.2, -0.15) is 9.97 Å². The van der Waals surface area contributed by atoms with Crippen molar-refractivity contribution in [3.63, 3.8) is 0 Å². The van der Waals surface area contributed by atoms with E-state index in [0.29, 0.717) is 40.0 Å². The lowest BCUT2D eigenvalue weighted by atomic mass is 9.95. The van der Waals surface area contributed by atoms with E-state index in [0.717, 1.165) is 19.4 Å². The number of amides is 1. The highest BCUT2D eigenvalue weighted by atomic mass is 35.5. The maximum Gasteiger partial charge on any atom is 0.319 e. The number of piperazine rings is 1. The number of benzene rings is 2. The lowest BCUT2D eigenvalue weighted by molar-refractivity contribution is -0.159. The number of rotatable bonds is 6. The van der Waals surface area contributed by atoms with Crippen molar-refractivity contribution >= 4 is 45.0 Å². The zero-order chi connectivity index (χ0) is 31.5. The number of ether oxygens (including phenoxy) is 1. The van der Waals surface area contributed by atoms with Crippen LogP contribution in [0.25, 0.3) is 32.9 Å². The Balaban J connectivity index is 1.31. The average Bonchev–Trinajstić information content (AvgIpc) is 3.55. The molecule has 45 heavy (non-hydrogen) atoms. The van der Waals surface area contributed by atoms with Gasteiger partial charge in [-0.15, -0.1) is 0 Å². The summed E-state index contributed by atoms with van der Waals surface area (Å²) in [6.45, 7) is 2.15. The SMILES string of the molecule is O=C(C(O)O)N1CCN(c2nc(OC[C@@]34CCCN3C[C@H](F)C4)nc3c(F)c(-c4cc(O)cc5cccc(Cl)c45)ncc23)CC1. The maximum absolute atomic E-state index is 16.6. The molecule has 0 spiro atoms. The predicted octanol–water partition coefficient (Wildman–Crippen LogP) is 3.26. The molecule has 2 aromatic carbocycles. The van der Waals surface area contributed by atoms with Gasteiger partial charge in [-0.1, -0.05) is 23.7 Å². The van der Waals surface area contributed by atoms with Crippen LogP contribution in [-0.4, -0.2) is 110 Å². The van der Waals surface area contributed by atoms with Crippen molar-refractivity contribution in [3.8, 4) is 23.0 Å². The van der Waals surface area contributed by atoms with Gasteiger partial charge in [-0.3, -0.25) is 14.7 Å². The van der Waals surface area contributed by atoms with E-state index in [1.807, 2.05) is 4.90 Å². The highest BCUT2D eigenvalue weighted by Crippen LogP contribution is 2.42. The molecule has 0 saturated carbocycles. The van der Waals surface area contributed by atoms with Gasteiger partial charge in [-0.05, 0) is 43.0 Å². The second-order valence-corrected chi connectivity index (χ2v) is 12.3. The fourth-order valence-electron chi connectivity index (χ4n) is 7.02. The summed E-state index contributed by atoms with van der Waals surface area (Å²) >= 11 is 6.52. The third kappa shape index (κ3) is 5.27. The van der Waals surface area contributed by atoms with Gasteiger partial charge in [0.15, 0.2) is 5.82 Å². The molecule has 7 rings (SSSR count). The van der Waals surface area contributed by atoms with Crippen molar-refractivity contribution < 1.29 is 33.6 Å². The van der Waals surface area contributed by atoms with Crippen LogP contribution in [0.3, 0.4) is 0 Å². The monoisotopic (exact) mass is 640 g/mol. The molecule has 3 N–H and O–H groups in total. The van der Waals surface area contributed by atoms with Crippen molar-refractivity contribution in [2.75, 3.05) is 50.8 Å². The van der Waals surface area contributed by atoms with Gasteiger partial charge in [0, 0.05) is 61.3 Å². The molecular formula is C31H31ClF2N6O5. The molecule has 3 saturated heterocycles. The standard InChI is InChI=1S/C31H31ClF2N6O5/c32-22-4-1-3-17-11-19(41)12-20(23(17)22)25-24(34)26-21(14-35-25)27(38-7-9-39(10-8-38)28(42)29(43)44)37-30(36-26)45-16-31-5-2-6-40(31)15-18(33)13-31/h1,3-4,11-12,14,18,29,41,43-44H,2,5-10,13,15-16H2/t18-,31+/m1/s1. The molecule has 236 valence electrons. The molecule has 2 aromatic heterocycles. The summed E-state index contributed by atoms with van der Waals surface area (Å²) in [5.41, 5.74) is -0.332. The van der Waals surface area contributed by atoms with Gasteiger partial charge in [0.05, 0.1) is 10.9 Å². The number of pyridine rings is 1. The molecule has 4 aromatic rings. The third-order valence-corrected chi connectivity index (χ3v) is 9.47. The summed E-state index contributed by atoms with van der Waals surface area (Å²) in [5, 5.41) is 30.9. The summed E-state index contributed by atoms with van der Waals surface area (Å²) in [6, 6.07) is 8.01. The summed E-state index contributed by atoms with van der Waals surface area (Å²) in [5.74, 6) is -1.32. The first-order chi connectivity index (χ1) is 21.6. The second-order valence-electron chi connectivity index (χ2n) is 11.9. The van der Waals surface area contributed by atoms with E-state index in [9.17, 15) is 24.5 Å². The second kappa shape index (κ2) is 11.5. The number of hydrogen-bond acceptors (Lipinski definition) is 10. The van der Waals surface area contributed by atoms with E-state index in [4.69, 9.17) is 16.3 Å². The maximum atomic E-state index is 16.6. The Hall–Kier alpha value is -3.91. The first-order valence-electron chi connectivity index (χ1n) is 14.8. The Morgan fingerprint density at radius 3 is 2.73 bits per heavy atom. The van der Waals surface area contributed by atoms with Crippen LogP contribution in [0.15, 0.2) is 36.5 Å². The molecule has 1 amide bonds. The number of carbonyl (C=O) groups is 1. The Morgan fingerprint density at radius 1 is 1.16 bits per heavy atom. The highest BCUT2D eigenvalue weighted by molar-refractivity contribution is 6.36. The molecule has 3 fully saturated rings. The number of anilines is 1. The van der Waals surface area contributed by atoms with Crippen LogP contribution in [0.4, 0.5) is 14.6 Å². The summed E-state index contributed by atoms with van der Waals surface area (Å²) < 4.78 is 37.2. The van der Waals surface area contributed by atoms with Crippen molar-refractivity contribution in [1.82, 2.24) is 24.8 Å². The Morgan fingerprint density at radius 2 is 1.96 bits per heavy atom. The summed E-state index contributed by atoms with van der Waals surface area (Å²) in [4.78, 5) is 31.0. The average molecular weight is 641 g/mol. The molecule has 0 radical (unpaired) electrons. The van der Waals surface area contributed by atoms with Crippen LogP contribution < -0.4 is 9.64 Å². The minimum atomic E-state index is -2.11. The number of hydrogen-bond donors (Lipinski definition) is 3. The minimum Gasteiger partial charge on any atom is -0.508 e. The Labute approximate surface area is 261 Å². The number of aliphatic hydroxyl groups is 2. The number of phenols is 1. The normalized spacial score (nSPS) is 22.1. The van der Waals surface area contributed by atoms with E-state index in [2.05, 4.69) is 19.9 Å². The van der Waals surface area contributed by atoms with Crippen LogP contribution in [0.5, 0.6) is 11.8 Å². The first-order valence-corrected chi connectivity index (χ1v) is 15.2. The number of fused-ring (bicyclic) bond motifs is 3. The highest BCUT2D eigenvalue weighted by Gasteiger charge is 2.49. The van der Waals surface area contributed by atoms with E-state index in [1.54, 1.807) is 18.2 Å². The number of aromatic hydroxyl groups is 1. The fraction of sp³-hybridized carbons (Fsp3) is 0.419. The molecule has 2 atom stereocenters. The first kappa shape index (κ1) is 29.8. The van der Waals surface area contributed by atoms with Crippen LogP contribution in [0.1, 0.15) is 19.3 Å². The number of phenolic OH excluding ortho intramolecular Hbond substituents is 1. The smallest absolute Gasteiger partial charge is 0.319 e. The molecule has 3 aliphatic rings. The minimum absolute atomic E-state index is 0.0663. The number of carbonyl (C=O) groups excluding carboxylic acids is 1. The fourth-order valence-corrected chi connectivity index (χ4v) is 7.30. The van der Waals surface area contributed by atoms with Gasteiger partial charge in [0.25, 0.3) is 5.91 Å². The van der Waals surface area contributed by atoms with E-state index in [1.165, 1.54) is 23.2 Å². The number of nitrogens with zero attached hydrogens (tertiary/aromatic N) is 6. The molecular weight excluding hydrogens is 610 g/mol. The molecule has 0 aliphatic carbocycles. The largest absolute Gasteiger partial charge is 0.508 e. The number of aromatic nitrogens is 3.